The number of methoxy groups -OCH3 is 1. The van der Waals surface area contributed by atoms with Crippen LogP contribution in [0.2, 0.25) is 0 Å². The van der Waals surface area contributed by atoms with Crippen LogP contribution in [0, 0.1) is 6.92 Å². The van der Waals surface area contributed by atoms with Gasteiger partial charge in [-0.2, -0.15) is 0 Å². The second-order valence-electron chi connectivity index (χ2n) is 6.92. The Labute approximate surface area is 176 Å². The zero-order valence-corrected chi connectivity index (χ0v) is 18.2. The molecule has 0 atom stereocenters. The van der Waals surface area contributed by atoms with E-state index >= 15 is 0 Å². The van der Waals surface area contributed by atoms with Crippen molar-refractivity contribution in [3.63, 3.8) is 0 Å². The molecule has 0 radical (unpaired) electrons. The van der Waals surface area contributed by atoms with E-state index in [1.807, 2.05) is 31.2 Å². The maximum atomic E-state index is 12.5. The van der Waals surface area contributed by atoms with Crippen molar-refractivity contribution in [3.05, 3.63) is 59.2 Å². The molecule has 30 heavy (non-hydrogen) atoms. The van der Waals surface area contributed by atoms with Gasteiger partial charge in [-0.15, -0.1) is 0 Å². The summed E-state index contributed by atoms with van der Waals surface area (Å²) in [5.74, 6) is -1.19. The van der Waals surface area contributed by atoms with Gasteiger partial charge < -0.3 is 14.8 Å². The van der Waals surface area contributed by atoms with Crippen LogP contribution in [0.15, 0.2) is 47.4 Å². The number of carbonyl (C=O) groups excluding carboxylic acids is 2. The van der Waals surface area contributed by atoms with E-state index in [1.54, 1.807) is 13.8 Å². The number of hydrogen-bond donors (Lipinski definition) is 2. The van der Waals surface area contributed by atoms with Gasteiger partial charge in [0.25, 0.3) is 5.91 Å². The van der Waals surface area contributed by atoms with Crippen LogP contribution >= 0.6 is 0 Å². The Hall–Kier alpha value is -2.91. The average Bonchev–Trinajstić information content (AvgIpc) is 2.70. The Kier molecular flexibility index (Phi) is 7.96. The summed E-state index contributed by atoms with van der Waals surface area (Å²) in [5, 5.41) is 2.68. The molecular weight excluding hydrogens is 408 g/mol. The SMILES string of the molecule is COc1ccc(C(=O)OCC(=O)NCc2ccccc2C)cc1S(=O)(=O)NC(C)C. The van der Waals surface area contributed by atoms with Crippen molar-refractivity contribution in [3.8, 4) is 5.75 Å². The van der Waals surface area contributed by atoms with Gasteiger partial charge in [0, 0.05) is 12.6 Å². The highest BCUT2D eigenvalue weighted by Crippen LogP contribution is 2.25. The van der Waals surface area contributed by atoms with Gasteiger partial charge in [-0.1, -0.05) is 24.3 Å². The van der Waals surface area contributed by atoms with Gasteiger partial charge in [-0.3, -0.25) is 4.79 Å². The summed E-state index contributed by atoms with van der Waals surface area (Å²) in [5.41, 5.74) is 1.99. The molecule has 0 saturated carbocycles. The average molecular weight is 435 g/mol. The van der Waals surface area contributed by atoms with Gasteiger partial charge in [0.15, 0.2) is 6.61 Å². The fourth-order valence-electron chi connectivity index (χ4n) is 2.66. The first-order valence-electron chi connectivity index (χ1n) is 9.32. The predicted molar refractivity (Wildman–Crippen MR) is 112 cm³/mol. The topological polar surface area (TPSA) is 111 Å². The molecule has 1 amide bonds. The number of esters is 1. The summed E-state index contributed by atoms with van der Waals surface area (Å²) in [6.07, 6.45) is 0. The molecule has 2 N–H and O–H groups in total. The Morgan fingerprint density at radius 3 is 2.43 bits per heavy atom. The number of hydrogen-bond acceptors (Lipinski definition) is 6. The second-order valence-corrected chi connectivity index (χ2v) is 8.60. The molecule has 0 fully saturated rings. The standard InChI is InChI=1S/C21H26N2O6S/c1-14(2)23-30(26,27)19-11-16(9-10-18(19)28-4)21(25)29-13-20(24)22-12-17-8-6-5-7-15(17)3/h5-11,14,23H,12-13H2,1-4H3,(H,22,24). The number of carbonyl (C=O) groups is 2. The molecule has 2 aromatic rings. The molecule has 0 unspecified atom stereocenters. The molecule has 0 aliphatic heterocycles. The number of ether oxygens (including phenoxy) is 2. The quantitative estimate of drug-likeness (QED) is 0.585. The Bertz CT molecular complexity index is 1020. The van der Waals surface area contributed by atoms with E-state index in [-0.39, 0.29) is 22.3 Å². The van der Waals surface area contributed by atoms with E-state index in [0.29, 0.717) is 6.54 Å². The minimum atomic E-state index is -3.89. The van der Waals surface area contributed by atoms with Crippen molar-refractivity contribution >= 4 is 21.9 Å². The molecular formula is C21H26N2O6S. The molecule has 0 aromatic heterocycles. The van der Waals surface area contributed by atoms with Gasteiger partial charge in [0.05, 0.1) is 12.7 Å². The zero-order valence-electron chi connectivity index (χ0n) is 17.4. The molecule has 2 rings (SSSR count). The number of aryl methyl sites for hydroxylation is 1. The van der Waals surface area contributed by atoms with E-state index in [9.17, 15) is 18.0 Å². The molecule has 9 heteroatoms. The normalized spacial score (nSPS) is 11.2. The molecule has 0 saturated heterocycles. The monoisotopic (exact) mass is 434 g/mol. The highest BCUT2D eigenvalue weighted by atomic mass is 32.2. The Morgan fingerprint density at radius 1 is 1.10 bits per heavy atom. The Balaban J connectivity index is 2.03. The molecule has 0 aliphatic carbocycles. The summed E-state index contributed by atoms with van der Waals surface area (Å²) in [4.78, 5) is 24.1. The maximum absolute atomic E-state index is 12.5. The summed E-state index contributed by atoms with van der Waals surface area (Å²) < 4.78 is 37.6. The van der Waals surface area contributed by atoms with Crippen LogP contribution in [-0.2, 0) is 26.1 Å². The lowest BCUT2D eigenvalue weighted by molar-refractivity contribution is -0.124. The largest absolute Gasteiger partial charge is 0.495 e. The van der Waals surface area contributed by atoms with Gasteiger partial charge >= 0.3 is 5.97 Å². The fraction of sp³-hybridized carbons (Fsp3) is 0.333. The van der Waals surface area contributed by atoms with Gasteiger partial charge in [-0.25, -0.2) is 17.9 Å². The van der Waals surface area contributed by atoms with Crippen molar-refractivity contribution in [1.29, 1.82) is 0 Å². The third-order valence-electron chi connectivity index (χ3n) is 4.15. The number of benzene rings is 2. The summed E-state index contributed by atoms with van der Waals surface area (Å²) in [6.45, 7) is 5.12. The van der Waals surface area contributed by atoms with E-state index in [1.165, 1.54) is 19.2 Å². The third-order valence-corrected chi connectivity index (χ3v) is 5.83. The summed E-state index contributed by atoms with van der Waals surface area (Å²) >= 11 is 0. The molecule has 0 bridgehead atoms. The lowest BCUT2D eigenvalue weighted by Crippen LogP contribution is -2.31. The van der Waals surface area contributed by atoms with Crippen molar-refractivity contribution < 1.29 is 27.5 Å². The first-order chi connectivity index (χ1) is 14.1. The second kappa shape index (κ2) is 10.2. The van der Waals surface area contributed by atoms with E-state index in [4.69, 9.17) is 9.47 Å². The van der Waals surface area contributed by atoms with Crippen LogP contribution in [0.3, 0.4) is 0 Å². The number of sulfonamides is 1. The van der Waals surface area contributed by atoms with Crippen molar-refractivity contribution in [2.45, 2.75) is 38.3 Å². The van der Waals surface area contributed by atoms with Crippen molar-refractivity contribution in [2.24, 2.45) is 0 Å². The van der Waals surface area contributed by atoms with Gasteiger partial charge in [0.2, 0.25) is 10.0 Å². The van der Waals surface area contributed by atoms with Gasteiger partial charge in [-0.05, 0) is 50.1 Å². The summed E-state index contributed by atoms with van der Waals surface area (Å²) in [6, 6.07) is 11.2. The number of rotatable bonds is 9. The lowest BCUT2D eigenvalue weighted by atomic mass is 10.1. The van der Waals surface area contributed by atoms with Crippen LogP contribution in [0.25, 0.3) is 0 Å². The minimum Gasteiger partial charge on any atom is -0.495 e. The first kappa shape index (κ1) is 23.4. The van der Waals surface area contributed by atoms with Gasteiger partial charge in [0.1, 0.15) is 10.6 Å². The lowest BCUT2D eigenvalue weighted by Gasteiger charge is -2.14. The van der Waals surface area contributed by atoms with E-state index < -0.39 is 28.5 Å². The molecule has 162 valence electrons. The zero-order chi connectivity index (χ0) is 22.3. The highest BCUT2D eigenvalue weighted by Gasteiger charge is 2.23. The molecule has 0 heterocycles. The number of nitrogens with one attached hydrogen (secondary N) is 2. The predicted octanol–water partition coefficient (Wildman–Crippen LogP) is 2.16. The molecule has 2 aromatic carbocycles. The van der Waals surface area contributed by atoms with Crippen LogP contribution < -0.4 is 14.8 Å². The van der Waals surface area contributed by atoms with Crippen LogP contribution in [0.4, 0.5) is 0 Å². The van der Waals surface area contributed by atoms with Crippen LogP contribution in [0.5, 0.6) is 5.75 Å². The van der Waals surface area contributed by atoms with E-state index in [0.717, 1.165) is 17.2 Å². The fourth-order valence-corrected chi connectivity index (χ4v) is 4.10. The van der Waals surface area contributed by atoms with Crippen molar-refractivity contribution in [2.75, 3.05) is 13.7 Å². The third kappa shape index (κ3) is 6.30. The van der Waals surface area contributed by atoms with Crippen molar-refractivity contribution in [1.82, 2.24) is 10.0 Å². The van der Waals surface area contributed by atoms with Crippen LogP contribution in [0.1, 0.15) is 35.3 Å². The molecule has 0 aliphatic rings. The maximum Gasteiger partial charge on any atom is 0.338 e. The smallest absolute Gasteiger partial charge is 0.338 e. The summed E-state index contributed by atoms with van der Waals surface area (Å²) in [7, 11) is -2.56. The van der Waals surface area contributed by atoms with Crippen LogP contribution in [-0.4, -0.2) is 40.1 Å². The first-order valence-corrected chi connectivity index (χ1v) is 10.8. The Morgan fingerprint density at radius 2 is 1.80 bits per heavy atom. The minimum absolute atomic E-state index is 0.00775. The highest BCUT2D eigenvalue weighted by molar-refractivity contribution is 7.89. The molecule has 0 spiro atoms. The molecule has 8 nitrogen and oxygen atoms in total. The van der Waals surface area contributed by atoms with E-state index in [2.05, 4.69) is 10.0 Å². The number of amides is 1.